The summed E-state index contributed by atoms with van der Waals surface area (Å²) in [5, 5.41) is 6.17. The highest BCUT2D eigenvalue weighted by molar-refractivity contribution is 5.94. The highest BCUT2D eigenvalue weighted by Crippen LogP contribution is 2.24. The Hall–Kier alpha value is -2.09. The predicted molar refractivity (Wildman–Crippen MR) is 105 cm³/mol. The van der Waals surface area contributed by atoms with Crippen molar-refractivity contribution in [3.63, 3.8) is 0 Å². The van der Waals surface area contributed by atoms with Crippen LogP contribution in [-0.2, 0) is 0 Å². The van der Waals surface area contributed by atoms with Crippen LogP contribution >= 0.6 is 12.4 Å². The minimum absolute atomic E-state index is 0. The number of halogens is 4. The molecule has 1 aliphatic rings. The average molecular weight is 414 g/mol. The number of nitrogens with one attached hydrogen (secondary N) is 2. The first kappa shape index (κ1) is 22.2. The van der Waals surface area contributed by atoms with Crippen molar-refractivity contribution < 1.29 is 18.0 Å². The van der Waals surface area contributed by atoms with Crippen LogP contribution in [-0.4, -0.2) is 50.1 Å². The Labute approximate surface area is 168 Å². The van der Waals surface area contributed by atoms with E-state index in [4.69, 9.17) is 0 Å². The predicted octanol–water partition coefficient (Wildman–Crippen LogP) is 3.22. The maximum atomic E-state index is 13.4. The molecule has 28 heavy (non-hydrogen) atoms. The van der Waals surface area contributed by atoms with Crippen LogP contribution in [0.1, 0.15) is 16.8 Å². The van der Waals surface area contributed by atoms with Crippen LogP contribution in [0.5, 0.6) is 0 Å². The van der Waals surface area contributed by atoms with Gasteiger partial charge in [-0.15, -0.1) is 12.4 Å². The fourth-order valence-electron chi connectivity index (χ4n) is 3.08. The zero-order valence-electron chi connectivity index (χ0n) is 15.3. The van der Waals surface area contributed by atoms with Crippen molar-refractivity contribution in [2.75, 3.05) is 39.3 Å². The number of amides is 1. The van der Waals surface area contributed by atoms with E-state index < -0.39 is 17.5 Å². The smallest absolute Gasteiger partial charge is 0.251 e. The third-order valence-corrected chi connectivity index (χ3v) is 4.61. The molecule has 0 aromatic heterocycles. The lowest BCUT2D eigenvalue weighted by Crippen LogP contribution is -2.44. The second-order valence-corrected chi connectivity index (χ2v) is 6.53. The van der Waals surface area contributed by atoms with E-state index in [1.54, 1.807) is 24.3 Å². The molecule has 0 spiro atoms. The van der Waals surface area contributed by atoms with Gasteiger partial charge in [-0.3, -0.25) is 4.79 Å². The van der Waals surface area contributed by atoms with Crippen LogP contribution in [0.15, 0.2) is 36.4 Å². The molecular formula is C20H23ClF3N3O. The van der Waals surface area contributed by atoms with Gasteiger partial charge in [0.15, 0.2) is 17.5 Å². The summed E-state index contributed by atoms with van der Waals surface area (Å²) in [6.45, 7) is 5.59. The van der Waals surface area contributed by atoms with Gasteiger partial charge in [0.05, 0.1) is 0 Å². The van der Waals surface area contributed by atoms with Crippen molar-refractivity contribution >= 4 is 18.3 Å². The molecule has 152 valence electrons. The topological polar surface area (TPSA) is 44.4 Å². The van der Waals surface area contributed by atoms with Crippen LogP contribution < -0.4 is 10.6 Å². The molecule has 1 amide bonds. The summed E-state index contributed by atoms with van der Waals surface area (Å²) >= 11 is 0. The summed E-state index contributed by atoms with van der Waals surface area (Å²) in [4.78, 5) is 14.6. The maximum absolute atomic E-state index is 13.4. The van der Waals surface area contributed by atoms with Crippen LogP contribution in [0.25, 0.3) is 11.1 Å². The van der Waals surface area contributed by atoms with E-state index in [-0.39, 0.29) is 23.9 Å². The summed E-state index contributed by atoms with van der Waals surface area (Å²) in [5.74, 6) is -4.17. The standard InChI is InChI=1S/C20H22F3N3O.ClH/c21-17-12-16(13-18(22)19(17)23)14-2-4-15(5-3-14)20(27)25-6-1-9-26-10-7-24-8-11-26;/h2-5,12-13,24H,1,6-11H2,(H,25,27);1H. The van der Waals surface area contributed by atoms with Gasteiger partial charge in [0.2, 0.25) is 0 Å². The summed E-state index contributed by atoms with van der Waals surface area (Å²) in [7, 11) is 0. The van der Waals surface area contributed by atoms with Crippen molar-refractivity contribution in [1.82, 2.24) is 15.5 Å². The maximum Gasteiger partial charge on any atom is 0.251 e. The molecule has 0 saturated carbocycles. The number of piperazine rings is 1. The van der Waals surface area contributed by atoms with Gasteiger partial charge in [0, 0.05) is 38.3 Å². The van der Waals surface area contributed by atoms with Gasteiger partial charge in [0.25, 0.3) is 5.91 Å². The van der Waals surface area contributed by atoms with Crippen LogP contribution in [0.3, 0.4) is 0 Å². The fourth-order valence-corrected chi connectivity index (χ4v) is 3.08. The van der Waals surface area contributed by atoms with Gasteiger partial charge in [-0.05, 0) is 48.4 Å². The van der Waals surface area contributed by atoms with Crippen molar-refractivity contribution in [2.45, 2.75) is 6.42 Å². The molecule has 1 aliphatic heterocycles. The van der Waals surface area contributed by atoms with E-state index >= 15 is 0 Å². The van der Waals surface area contributed by atoms with Crippen LogP contribution in [0.2, 0.25) is 0 Å². The number of rotatable bonds is 6. The first-order chi connectivity index (χ1) is 13.0. The molecule has 4 nitrogen and oxygen atoms in total. The lowest BCUT2D eigenvalue weighted by Gasteiger charge is -2.27. The number of hydrogen-bond donors (Lipinski definition) is 2. The highest BCUT2D eigenvalue weighted by Gasteiger charge is 2.13. The molecule has 1 saturated heterocycles. The summed E-state index contributed by atoms with van der Waals surface area (Å²) in [5.41, 5.74) is 1.18. The van der Waals surface area contributed by atoms with Crippen LogP contribution in [0, 0.1) is 17.5 Å². The number of benzene rings is 2. The largest absolute Gasteiger partial charge is 0.352 e. The molecule has 0 unspecified atom stereocenters. The van der Waals surface area contributed by atoms with Crippen molar-refractivity contribution in [3.8, 4) is 11.1 Å². The minimum atomic E-state index is -1.49. The zero-order chi connectivity index (χ0) is 19.2. The summed E-state index contributed by atoms with van der Waals surface area (Å²) < 4.78 is 39.8. The second-order valence-electron chi connectivity index (χ2n) is 6.53. The van der Waals surface area contributed by atoms with Gasteiger partial charge in [-0.25, -0.2) is 13.2 Å². The van der Waals surface area contributed by atoms with Crippen molar-refractivity contribution in [3.05, 3.63) is 59.4 Å². The van der Waals surface area contributed by atoms with Gasteiger partial charge < -0.3 is 15.5 Å². The quantitative estimate of drug-likeness (QED) is 0.564. The molecule has 1 heterocycles. The van der Waals surface area contributed by atoms with E-state index in [0.717, 1.165) is 51.3 Å². The Morgan fingerprint density at radius 1 is 1.00 bits per heavy atom. The van der Waals surface area contributed by atoms with Crippen molar-refractivity contribution in [2.24, 2.45) is 0 Å². The Morgan fingerprint density at radius 2 is 1.61 bits per heavy atom. The van der Waals surface area contributed by atoms with Crippen molar-refractivity contribution in [1.29, 1.82) is 0 Å². The Bertz CT molecular complexity index is 773. The van der Waals surface area contributed by atoms with Gasteiger partial charge in [0.1, 0.15) is 0 Å². The molecule has 0 radical (unpaired) electrons. The average Bonchev–Trinajstić information content (AvgIpc) is 2.70. The normalized spacial score (nSPS) is 14.4. The lowest BCUT2D eigenvalue weighted by atomic mass is 10.0. The lowest BCUT2D eigenvalue weighted by molar-refractivity contribution is 0.0951. The third kappa shape index (κ3) is 5.70. The first-order valence-electron chi connectivity index (χ1n) is 9.01. The minimum Gasteiger partial charge on any atom is -0.352 e. The SMILES string of the molecule is Cl.O=C(NCCCN1CCNCC1)c1ccc(-c2cc(F)c(F)c(F)c2)cc1. The van der Waals surface area contributed by atoms with E-state index in [0.29, 0.717) is 17.7 Å². The molecule has 0 aliphatic carbocycles. The molecule has 2 aromatic carbocycles. The first-order valence-corrected chi connectivity index (χ1v) is 9.01. The summed E-state index contributed by atoms with van der Waals surface area (Å²) in [6.07, 6.45) is 0.873. The molecule has 2 aromatic rings. The fraction of sp³-hybridized carbons (Fsp3) is 0.350. The zero-order valence-corrected chi connectivity index (χ0v) is 16.1. The molecule has 0 atom stereocenters. The Morgan fingerprint density at radius 3 is 2.21 bits per heavy atom. The van der Waals surface area contributed by atoms with E-state index in [9.17, 15) is 18.0 Å². The Kier molecular flexibility index (Phi) is 8.29. The van der Waals surface area contributed by atoms with Gasteiger partial charge >= 0.3 is 0 Å². The molecule has 8 heteroatoms. The monoisotopic (exact) mass is 413 g/mol. The highest BCUT2D eigenvalue weighted by atomic mass is 35.5. The number of carbonyl (C=O) groups is 1. The third-order valence-electron chi connectivity index (χ3n) is 4.61. The molecular weight excluding hydrogens is 391 g/mol. The number of nitrogens with zero attached hydrogens (tertiary/aromatic N) is 1. The Balaban J connectivity index is 0.00000280. The number of hydrogen-bond acceptors (Lipinski definition) is 3. The van der Waals surface area contributed by atoms with E-state index in [1.807, 2.05) is 0 Å². The van der Waals surface area contributed by atoms with E-state index in [2.05, 4.69) is 15.5 Å². The van der Waals surface area contributed by atoms with Crippen LogP contribution in [0.4, 0.5) is 13.2 Å². The number of carbonyl (C=O) groups excluding carboxylic acids is 1. The van der Waals surface area contributed by atoms with Gasteiger partial charge in [-0.2, -0.15) is 0 Å². The molecule has 2 N–H and O–H groups in total. The summed E-state index contributed by atoms with van der Waals surface area (Å²) in [6, 6.07) is 8.21. The molecule has 1 fully saturated rings. The molecule has 3 rings (SSSR count). The molecule has 0 bridgehead atoms. The van der Waals surface area contributed by atoms with E-state index in [1.165, 1.54) is 0 Å². The van der Waals surface area contributed by atoms with Gasteiger partial charge in [-0.1, -0.05) is 12.1 Å². The second kappa shape index (κ2) is 10.5.